The Morgan fingerprint density at radius 3 is 2.35 bits per heavy atom. The summed E-state index contributed by atoms with van der Waals surface area (Å²) in [5, 5.41) is 13.4. The fourth-order valence-corrected chi connectivity index (χ4v) is 15.7. The standard InChI is InChI=1S/C42H64F2N2O4S/c1-27(2)30-12-17-41(45-20-21-46-22-24-51(49,50)25-23-46)19-18-39(6)32(35(30)41)10-11-34-38(5)15-13-31(37(3,4)33(38)14-16-40(34,39)7)28-8-9-29(26-28)42(43,44)36(47)48/h13,26,29-30,32-35,45H,1,8-12,14-25H2,2-7H3,(H,47,48)/t29?,30-,32+,33-,34+,35+,38-,39+,40+,41-/m0/s1. The molecule has 2 N–H and O–H groups in total. The van der Waals surface area contributed by atoms with Crippen LogP contribution < -0.4 is 5.32 Å². The molecule has 1 aliphatic heterocycles. The van der Waals surface area contributed by atoms with E-state index in [9.17, 15) is 27.1 Å². The van der Waals surface area contributed by atoms with Gasteiger partial charge in [0.2, 0.25) is 0 Å². The highest BCUT2D eigenvalue weighted by Gasteiger charge is 2.70. The minimum atomic E-state index is -3.73. The first-order chi connectivity index (χ1) is 23.7. The van der Waals surface area contributed by atoms with Gasteiger partial charge in [0.15, 0.2) is 9.84 Å². The number of carbonyl (C=O) groups is 1. The van der Waals surface area contributed by atoms with Crippen LogP contribution in [-0.4, -0.2) is 73.5 Å². The van der Waals surface area contributed by atoms with Crippen LogP contribution in [0.3, 0.4) is 0 Å². The van der Waals surface area contributed by atoms with Crippen molar-refractivity contribution in [2.24, 2.45) is 57.2 Å². The van der Waals surface area contributed by atoms with E-state index >= 15 is 0 Å². The van der Waals surface area contributed by atoms with Crippen LogP contribution in [0, 0.1) is 57.2 Å². The lowest BCUT2D eigenvalue weighted by Crippen LogP contribution is -2.68. The van der Waals surface area contributed by atoms with E-state index in [1.165, 1.54) is 56.1 Å². The molecule has 1 unspecified atom stereocenters. The van der Waals surface area contributed by atoms with Gasteiger partial charge >= 0.3 is 11.9 Å². The summed E-state index contributed by atoms with van der Waals surface area (Å²) >= 11 is 0. The van der Waals surface area contributed by atoms with Crippen LogP contribution in [0.4, 0.5) is 8.78 Å². The number of carboxylic acid groups (broad SMARTS) is 1. The third kappa shape index (κ3) is 5.69. The average Bonchev–Trinajstić information content (AvgIpc) is 3.68. The van der Waals surface area contributed by atoms with Crippen molar-refractivity contribution < 1.29 is 27.1 Å². The smallest absolute Gasteiger partial charge is 0.375 e. The lowest BCUT2D eigenvalue weighted by Gasteiger charge is -2.72. The van der Waals surface area contributed by atoms with Crippen molar-refractivity contribution in [3.8, 4) is 0 Å². The van der Waals surface area contributed by atoms with E-state index in [4.69, 9.17) is 0 Å². The van der Waals surface area contributed by atoms with Gasteiger partial charge in [-0.25, -0.2) is 13.2 Å². The van der Waals surface area contributed by atoms with Crippen molar-refractivity contribution in [1.82, 2.24) is 10.2 Å². The summed E-state index contributed by atoms with van der Waals surface area (Å²) in [6.45, 7) is 22.4. The molecule has 51 heavy (non-hydrogen) atoms. The SMILES string of the molecule is C=C(C)[C@@H]1CC[C@]2(NCCN3CCS(=O)(=O)CC3)CC[C@]3(C)[C@H](CC[C@@H]4[C@@]5(C)CC=C(C6=CC(C(F)(F)C(=O)O)CC6)C(C)(C)[C@@H]5CC[C@]43C)[C@@H]12. The Bertz CT molecular complexity index is 1610. The highest BCUT2D eigenvalue weighted by atomic mass is 32.2. The number of aliphatic carboxylic acids is 1. The highest BCUT2D eigenvalue weighted by molar-refractivity contribution is 7.91. The van der Waals surface area contributed by atoms with Gasteiger partial charge in [-0.05, 0) is 140 Å². The second kappa shape index (κ2) is 12.5. The molecule has 0 aromatic rings. The Morgan fingerprint density at radius 2 is 1.69 bits per heavy atom. The van der Waals surface area contributed by atoms with E-state index in [0.717, 1.165) is 31.5 Å². The van der Waals surface area contributed by atoms with Gasteiger partial charge in [0.1, 0.15) is 0 Å². The lowest BCUT2D eigenvalue weighted by molar-refractivity contribution is -0.221. The maximum atomic E-state index is 14.6. The maximum Gasteiger partial charge on any atom is 0.375 e. The molecule has 1 saturated heterocycles. The minimum absolute atomic E-state index is 0.106. The van der Waals surface area contributed by atoms with Crippen LogP contribution in [0.2, 0.25) is 0 Å². The monoisotopic (exact) mass is 730 g/mol. The third-order valence-electron chi connectivity index (χ3n) is 17.2. The van der Waals surface area contributed by atoms with E-state index in [0.29, 0.717) is 49.1 Å². The van der Waals surface area contributed by atoms with Crippen molar-refractivity contribution in [3.05, 3.63) is 35.5 Å². The fourth-order valence-electron chi connectivity index (χ4n) is 14.4. The van der Waals surface area contributed by atoms with Crippen molar-refractivity contribution in [2.45, 2.75) is 124 Å². The predicted molar refractivity (Wildman–Crippen MR) is 199 cm³/mol. The van der Waals surface area contributed by atoms with Gasteiger partial charge in [-0.2, -0.15) is 8.78 Å². The number of nitrogens with zero attached hydrogens (tertiary/aromatic N) is 1. The first kappa shape index (κ1) is 37.7. The highest BCUT2D eigenvalue weighted by Crippen LogP contribution is 2.76. The molecule has 7 rings (SSSR count). The Balaban J connectivity index is 1.14. The molecule has 10 atom stereocenters. The van der Waals surface area contributed by atoms with E-state index in [1.807, 2.05) is 0 Å². The molecule has 7 aliphatic rings. The van der Waals surface area contributed by atoms with E-state index in [2.05, 4.69) is 64.4 Å². The summed E-state index contributed by atoms with van der Waals surface area (Å²) in [7, 11) is -2.88. The molecule has 0 spiro atoms. The summed E-state index contributed by atoms with van der Waals surface area (Å²) in [6.07, 6.45) is 15.2. The number of allylic oxidation sites excluding steroid dienone is 5. The summed E-state index contributed by atoms with van der Waals surface area (Å²) in [5.74, 6) is -3.75. The van der Waals surface area contributed by atoms with E-state index < -0.39 is 27.6 Å². The molecule has 9 heteroatoms. The Labute approximate surface area is 306 Å². The first-order valence-corrected chi connectivity index (χ1v) is 21.9. The number of hydrogen-bond acceptors (Lipinski definition) is 5. The number of rotatable bonds is 8. The van der Waals surface area contributed by atoms with Gasteiger partial charge in [0.05, 0.1) is 17.4 Å². The van der Waals surface area contributed by atoms with Gasteiger partial charge in [-0.3, -0.25) is 0 Å². The fraction of sp³-hybridized carbons (Fsp3) is 0.833. The molecule has 5 fully saturated rings. The maximum absolute atomic E-state index is 14.6. The Hall–Kier alpha value is -1.58. The van der Waals surface area contributed by atoms with Crippen molar-refractivity contribution in [1.29, 1.82) is 0 Å². The number of hydrogen-bond donors (Lipinski definition) is 2. The van der Waals surface area contributed by atoms with Crippen molar-refractivity contribution in [3.63, 3.8) is 0 Å². The van der Waals surface area contributed by atoms with Crippen LogP contribution in [0.15, 0.2) is 35.5 Å². The topological polar surface area (TPSA) is 86.7 Å². The zero-order chi connectivity index (χ0) is 37.0. The summed E-state index contributed by atoms with van der Waals surface area (Å²) in [5.41, 5.74) is 3.90. The second-order valence-corrected chi connectivity index (χ2v) is 21.9. The molecule has 286 valence electrons. The van der Waals surface area contributed by atoms with Gasteiger partial charge in [-0.15, -0.1) is 0 Å². The van der Waals surface area contributed by atoms with Crippen molar-refractivity contribution >= 4 is 15.8 Å². The zero-order valence-corrected chi connectivity index (χ0v) is 32.9. The Kier molecular flexibility index (Phi) is 9.23. The first-order valence-electron chi connectivity index (χ1n) is 20.1. The molecule has 6 aliphatic carbocycles. The summed E-state index contributed by atoms with van der Waals surface area (Å²) in [6, 6.07) is 0. The van der Waals surface area contributed by atoms with Crippen molar-refractivity contribution in [2.75, 3.05) is 37.7 Å². The largest absolute Gasteiger partial charge is 0.477 e. The van der Waals surface area contributed by atoms with Gasteiger partial charge in [0, 0.05) is 31.7 Å². The normalized spacial score (nSPS) is 44.7. The number of nitrogens with one attached hydrogen (secondary N) is 1. The van der Waals surface area contributed by atoms with Crippen LogP contribution in [0.1, 0.15) is 112 Å². The van der Waals surface area contributed by atoms with Gasteiger partial charge in [0.25, 0.3) is 0 Å². The van der Waals surface area contributed by atoms with Crippen LogP contribution in [0.5, 0.6) is 0 Å². The molecular formula is C42H64F2N2O4S. The molecule has 4 saturated carbocycles. The number of carboxylic acids is 1. The lowest BCUT2D eigenvalue weighted by atomic mass is 9.33. The molecule has 0 aromatic heterocycles. The number of alkyl halides is 2. The van der Waals surface area contributed by atoms with E-state index in [1.54, 1.807) is 6.08 Å². The van der Waals surface area contributed by atoms with Gasteiger partial charge in [-0.1, -0.05) is 58.9 Å². The molecule has 0 bridgehead atoms. The average molecular weight is 731 g/mol. The molecule has 0 amide bonds. The number of halogens is 2. The van der Waals surface area contributed by atoms with Crippen LogP contribution in [0.25, 0.3) is 0 Å². The quantitative estimate of drug-likeness (QED) is 0.245. The molecule has 1 heterocycles. The van der Waals surface area contributed by atoms with Crippen LogP contribution >= 0.6 is 0 Å². The summed E-state index contributed by atoms with van der Waals surface area (Å²) in [4.78, 5) is 13.7. The molecule has 0 aromatic carbocycles. The zero-order valence-electron chi connectivity index (χ0n) is 32.1. The third-order valence-corrected chi connectivity index (χ3v) is 18.8. The second-order valence-electron chi connectivity index (χ2n) is 19.6. The number of sulfone groups is 1. The van der Waals surface area contributed by atoms with Crippen LogP contribution in [-0.2, 0) is 14.6 Å². The van der Waals surface area contributed by atoms with E-state index in [-0.39, 0.29) is 45.1 Å². The minimum Gasteiger partial charge on any atom is -0.477 e. The predicted octanol–water partition coefficient (Wildman–Crippen LogP) is 8.31. The van der Waals surface area contributed by atoms with Gasteiger partial charge < -0.3 is 15.3 Å². The molecule has 6 nitrogen and oxygen atoms in total. The molecule has 0 radical (unpaired) electrons. The Morgan fingerprint density at radius 1 is 0.980 bits per heavy atom. The molecular weight excluding hydrogens is 667 g/mol. The number of fused-ring (bicyclic) bond motifs is 7. The summed E-state index contributed by atoms with van der Waals surface area (Å²) < 4.78 is 53.2.